The average Bonchev–Trinajstić information content (AvgIpc) is 2.65. The van der Waals surface area contributed by atoms with Gasteiger partial charge in [0.2, 0.25) is 0 Å². The van der Waals surface area contributed by atoms with Gasteiger partial charge in [-0.1, -0.05) is 48.5 Å². The number of ether oxygens (including phenoxy) is 1. The van der Waals surface area contributed by atoms with E-state index in [9.17, 15) is 0 Å². The Balaban J connectivity index is 1.27. The number of nitrogens with zero attached hydrogens (tertiary/aromatic N) is 2. The lowest BCUT2D eigenvalue weighted by Crippen LogP contribution is -2.46. The Morgan fingerprint density at radius 3 is 2.24 bits per heavy atom. The second kappa shape index (κ2) is 9.59. The van der Waals surface area contributed by atoms with Crippen molar-refractivity contribution in [2.75, 3.05) is 39.3 Å². The minimum Gasteiger partial charge on any atom is -0.493 e. The van der Waals surface area contributed by atoms with Crippen LogP contribution < -0.4 is 4.74 Å². The molecule has 2 aromatic carbocycles. The van der Waals surface area contributed by atoms with Crippen LogP contribution >= 0.6 is 0 Å². The molecule has 0 spiro atoms. The molecule has 0 atom stereocenters. The van der Waals surface area contributed by atoms with Crippen LogP contribution in [-0.2, 0) is 6.54 Å². The number of aryl methyl sites for hydroxylation is 1. The topological polar surface area (TPSA) is 15.7 Å². The maximum atomic E-state index is 5.88. The third-order valence-corrected chi connectivity index (χ3v) is 4.93. The van der Waals surface area contributed by atoms with Crippen molar-refractivity contribution < 1.29 is 4.74 Å². The van der Waals surface area contributed by atoms with E-state index >= 15 is 0 Å². The van der Waals surface area contributed by atoms with Gasteiger partial charge in [-0.15, -0.1) is 0 Å². The number of hydrogen-bond acceptors (Lipinski definition) is 3. The molecule has 0 aromatic heterocycles. The summed E-state index contributed by atoms with van der Waals surface area (Å²) in [5.74, 6) is 1.03. The average molecular weight is 338 g/mol. The molecule has 3 heteroatoms. The fourth-order valence-corrected chi connectivity index (χ4v) is 3.35. The second-order valence-electron chi connectivity index (χ2n) is 6.92. The number of benzene rings is 2. The van der Waals surface area contributed by atoms with Gasteiger partial charge in [0, 0.05) is 32.7 Å². The largest absolute Gasteiger partial charge is 0.493 e. The van der Waals surface area contributed by atoms with E-state index in [0.717, 1.165) is 25.3 Å². The zero-order valence-corrected chi connectivity index (χ0v) is 15.4. The molecule has 0 radical (unpaired) electrons. The minimum atomic E-state index is 0.818. The Morgan fingerprint density at radius 1 is 0.800 bits per heavy atom. The molecule has 3 rings (SSSR count). The third kappa shape index (κ3) is 5.87. The Labute approximate surface area is 152 Å². The number of para-hydroxylation sites is 1. The van der Waals surface area contributed by atoms with E-state index in [1.807, 2.05) is 6.07 Å². The molecule has 2 aromatic rings. The summed E-state index contributed by atoms with van der Waals surface area (Å²) >= 11 is 0. The van der Waals surface area contributed by atoms with Gasteiger partial charge in [0.15, 0.2) is 0 Å². The van der Waals surface area contributed by atoms with E-state index in [1.54, 1.807) is 0 Å². The molecule has 1 heterocycles. The molecular formula is C22H30N2O. The standard InChI is InChI=1S/C22H30N2O/c1-20-9-5-6-12-22(20)25-18-8-7-13-23-14-16-24(17-15-23)19-21-10-3-2-4-11-21/h2-6,9-12H,7-8,13-19H2,1H3. The minimum absolute atomic E-state index is 0.818. The molecular weight excluding hydrogens is 308 g/mol. The van der Waals surface area contributed by atoms with Crippen LogP contribution in [0.2, 0.25) is 0 Å². The summed E-state index contributed by atoms with van der Waals surface area (Å²) in [4.78, 5) is 5.16. The van der Waals surface area contributed by atoms with Crippen LogP contribution in [0.25, 0.3) is 0 Å². The molecule has 1 aliphatic rings. The summed E-state index contributed by atoms with van der Waals surface area (Å²) in [6.45, 7) is 9.92. The summed E-state index contributed by atoms with van der Waals surface area (Å²) in [5, 5.41) is 0. The van der Waals surface area contributed by atoms with E-state index in [1.165, 1.54) is 50.3 Å². The van der Waals surface area contributed by atoms with Crippen LogP contribution in [-0.4, -0.2) is 49.1 Å². The molecule has 0 saturated carbocycles. The van der Waals surface area contributed by atoms with E-state index in [2.05, 4.69) is 65.3 Å². The molecule has 1 fully saturated rings. The number of rotatable bonds is 8. The van der Waals surface area contributed by atoms with E-state index in [-0.39, 0.29) is 0 Å². The first-order chi connectivity index (χ1) is 12.3. The zero-order chi connectivity index (χ0) is 17.3. The van der Waals surface area contributed by atoms with Crippen LogP contribution in [0.5, 0.6) is 5.75 Å². The smallest absolute Gasteiger partial charge is 0.122 e. The lowest BCUT2D eigenvalue weighted by atomic mass is 10.2. The Kier molecular flexibility index (Phi) is 6.89. The third-order valence-electron chi connectivity index (χ3n) is 4.93. The second-order valence-corrected chi connectivity index (χ2v) is 6.92. The first kappa shape index (κ1) is 18.0. The molecule has 0 amide bonds. The van der Waals surface area contributed by atoms with Crippen molar-refractivity contribution in [2.24, 2.45) is 0 Å². The van der Waals surface area contributed by atoms with Gasteiger partial charge in [-0.25, -0.2) is 0 Å². The molecule has 0 bridgehead atoms. The molecule has 0 unspecified atom stereocenters. The van der Waals surface area contributed by atoms with Crippen molar-refractivity contribution in [1.29, 1.82) is 0 Å². The summed E-state index contributed by atoms with van der Waals surface area (Å²) in [5.41, 5.74) is 2.64. The van der Waals surface area contributed by atoms with Gasteiger partial charge >= 0.3 is 0 Å². The van der Waals surface area contributed by atoms with Crippen molar-refractivity contribution in [2.45, 2.75) is 26.3 Å². The summed E-state index contributed by atoms with van der Waals surface area (Å²) in [6.07, 6.45) is 2.34. The van der Waals surface area contributed by atoms with Gasteiger partial charge in [-0.2, -0.15) is 0 Å². The lowest BCUT2D eigenvalue weighted by molar-refractivity contribution is 0.124. The van der Waals surface area contributed by atoms with Gasteiger partial charge < -0.3 is 9.64 Å². The van der Waals surface area contributed by atoms with Crippen molar-refractivity contribution in [3.8, 4) is 5.75 Å². The van der Waals surface area contributed by atoms with Crippen molar-refractivity contribution in [3.63, 3.8) is 0 Å². The molecule has 3 nitrogen and oxygen atoms in total. The predicted molar refractivity (Wildman–Crippen MR) is 104 cm³/mol. The van der Waals surface area contributed by atoms with Gasteiger partial charge in [0.05, 0.1) is 6.61 Å². The fraction of sp³-hybridized carbons (Fsp3) is 0.455. The predicted octanol–water partition coefficient (Wildman–Crippen LogP) is 3.97. The van der Waals surface area contributed by atoms with Crippen molar-refractivity contribution in [1.82, 2.24) is 9.80 Å². The van der Waals surface area contributed by atoms with E-state index < -0.39 is 0 Å². The summed E-state index contributed by atoms with van der Waals surface area (Å²) in [6, 6.07) is 19.0. The van der Waals surface area contributed by atoms with Gasteiger partial charge in [-0.05, 0) is 43.5 Å². The van der Waals surface area contributed by atoms with Gasteiger partial charge in [0.25, 0.3) is 0 Å². The highest BCUT2D eigenvalue weighted by molar-refractivity contribution is 5.31. The first-order valence-electron chi connectivity index (χ1n) is 9.48. The Morgan fingerprint density at radius 2 is 1.48 bits per heavy atom. The fourth-order valence-electron chi connectivity index (χ4n) is 3.35. The maximum Gasteiger partial charge on any atom is 0.122 e. The van der Waals surface area contributed by atoms with Crippen LogP contribution in [0.1, 0.15) is 24.0 Å². The normalized spacial score (nSPS) is 16.0. The SMILES string of the molecule is Cc1ccccc1OCCCCN1CCN(Cc2ccccc2)CC1. The molecule has 1 saturated heterocycles. The molecule has 134 valence electrons. The highest BCUT2D eigenvalue weighted by Gasteiger charge is 2.16. The number of piperazine rings is 1. The first-order valence-corrected chi connectivity index (χ1v) is 9.48. The van der Waals surface area contributed by atoms with Crippen LogP contribution in [0.3, 0.4) is 0 Å². The number of hydrogen-bond donors (Lipinski definition) is 0. The van der Waals surface area contributed by atoms with Crippen LogP contribution in [0.4, 0.5) is 0 Å². The molecule has 1 aliphatic heterocycles. The maximum absolute atomic E-state index is 5.88. The Hall–Kier alpha value is -1.84. The van der Waals surface area contributed by atoms with Gasteiger partial charge in [-0.3, -0.25) is 4.90 Å². The highest BCUT2D eigenvalue weighted by atomic mass is 16.5. The Bertz CT molecular complexity index is 621. The molecule has 0 N–H and O–H groups in total. The van der Waals surface area contributed by atoms with E-state index in [4.69, 9.17) is 4.74 Å². The van der Waals surface area contributed by atoms with Crippen LogP contribution in [0, 0.1) is 6.92 Å². The zero-order valence-electron chi connectivity index (χ0n) is 15.4. The molecule has 0 aliphatic carbocycles. The van der Waals surface area contributed by atoms with Crippen molar-refractivity contribution >= 4 is 0 Å². The summed E-state index contributed by atoms with van der Waals surface area (Å²) in [7, 11) is 0. The number of unbranched alkanes of at least 4 members (excludes halogenated alkanes) is 1. The quantitative estimate of drug-likeness (QED) is 0.677. The van der Waals surface area contributed by atoms with Gasteiger partial charge in [0.1, 0.15) is 5.75 Å². The van der Waals surface area contributed by atoms with Crippen molar-refractivity contribution in [3.05, 3.63) is 65.7 Å². The monoisotopic (exact) mass is 338 g/mol. The highest BCUT2D eigenvalue weighted by Crippen LogP contribution is 2.16. The lowest BCUT2D eigenvalue weighted by Gasteiger charge is -2.34. The summed E-state index contributed by atoms with van der Waals surface area (Å²) < 4.78 is 5.88. The van der Waals surface area contributed by atoms with E-state index in [0.29, 0.717) is 0 Å². The molecule has 25 heavy (non-hydrogen) atoms. The van der Waals surface area contributed by atoms with Crippen LogP contribution in [0.15, 0.2) is 54.6 Å².